The molecule has 0 amide bonds. The second-order valence-corrected chi connectivity index (χ2v) is 3.12. The number of rotatable bonds is 3. The molecule has 0 spiro atoms. The van der Waals surface area contributed by atoms with E-state index in [0.717, 1.165) is 12.2 Å². The minimum atomic E-state index is 0. The third-order valence-corrected chi connectivity index (χ3v) is 1.76. The van der Waals surface area contributed by atoms with Crippen LogP contribution in [0.15, 0.2) is 24.3 Å². The predicted octanol–water partition coefficient (Wildman–Crippen LogP) is 1.29. The molecule has 13 heavy (non-hydrogen) atoms. The van der Waals surface area contributed by atoms with Crippen molar-refractivity contribution in [3.8, 4) is 5.75 Å². The van der Waals surface area contributed by atoms with Crippen LogP contribution in [0, 0.1) is 0 Å². The standard InChI is InChI=1S/C10H15NO.ClH/c1-8(11)7-9-5-3-4-6-10(9)12-2;/h3-6,8H,7,11H2,1-2H3;1H/p+1. The third-order valence-electron chi connectivity index (χ3n) is 1.76. The van der Waals surface area contributed by atoms with E-state index in [-0.39, 0.29) is 12.4 Å². The van der Waals surface area contributed by atoms with E-state index in [4.69, 9.17) is 4.74 Å². The summed E-state index contributed by atoms with van der Waals surface area (Å²) in [5, 5.41) is 0. The van der Waals surface area contributed by atoms with E-state index >= 15 is 0 Å². The van der Waals surface area contributed by atoms with Gasteiger partial charge in [0.05, 0.1) is 13.2 Å². The van der Waals surface area contributed by atoms with Gasteiger partial charge in [-0.15, -0.1) is 12.4 Å². The van der Waals surface area contributed by atoms with Crippen molar-refractivity contribution in [1.82, 2.24) is 0 Å². The van der Waals surface area contributed by atoms with E-state index in [2.05, 4.69) is 18.7 Å². The van der Waals surface area contributed by atoms with Gasteiger partial charge in [-0.1, -0.05) is 18.2 Å². The van der Waals surface area contributed by atoms with E-state index < -0.39 is 0 Å². The molecule has 74 valence electrons. The van der Waals surface area contributed by atoms with Crippen LogP contribution in [-0.2, 0) is 6.42 Å². The molecule has 2 nitrogen and oxygen atoms in total. The predicted molar refractivity (Wildman–Crippen MR) is 56.3 cm³/mol. The molecule has 0 radical (unpaired) electrons. The second kappa shape index (κ2) is 5.84. The molecule has 3 heteroatoms. The zero-order valence-electron chi connectivity index (χ0n) is 8.12. The Labute approximate surface area is 85.5 Å². The van der Waals surface area contributed by atoms with Crippen molar-refractivity contribution in [1.29, 1.82) is 0 Å². The van der Waals surface area contributed by atoms with Gasteiger partial charge < -0.3 is 10.5 Å². The highest BCUT2D eigenvalue weighted by Crippen LogP contribution is 2.17. The molecule has 0 aliphatic heterocycles. The van der Waals surface area contributed by atoms with Crippen molar-refractivity contribution < 1.29 is 10.5 Å². The molecule has 1 unspecified atom stereocenters. The van der Waals surface area contributed by atoms with Gasteiger partial charge in [0.15, 0.2) is 0 Å². The summed E-state index contributed by atoms with van der Waals surface area (Å²) in [5.74, 6) is 0.966. The third kappa shape index (κ3) is 3.66. The lowest BCUT2D eigenvalue weighted by Gasteiger charge is -2.07. The number of hydrogen-bond donors (Lipinski definition) is 1. The minimum Gasteiger partial charge on any atom is -0.496 e. The fourth-order valence-corrected chi connectivity index (χ4v) is 1.25. The lowest BCUT2D eigenvalue weighted by Crippen LogP contribution is -2.60. The van der Waals surface area contributed by atoms with E-state index in [1.165, 1.54) is 5.56 Å². The molecule has 0 bridgehead atoms. The minimum absolute atomic E-state index is 0. The quantitative estimate of drug-likeness (QED) is 0.788. The Bertz CT molecular complexity index is 250. The zero-order chi connectivity index (χ0) is 8.97. The van der Waals surface area contributed by atoms with Gasteiger partial charge >= 0.3 is 0 Å². The number of quaternary nitrogens is 1. The molecule has 0 aliphatic carbocycles. The number of ether oxygens (including phenoxy) is 1. The van der Waals surface area contributed by atoms with E-state index in [0.29, 0.717) is 6.04 Å². The van der Waals surface area contributed by atoms with Crippen LogP contribution in [0.1, 0.15) is 12.5 Å². The van der Waals surface area contributed by atoms with Crippen LogP contribution in [0.4, 0.5) is 0 Å². The van der Waals surface area contributed by atoms with Crippen molar-refractivity contribution in [3.05, 3.63) is 29.8 Å². The Kier molecular flexibility index (Phi) is 5.51. The second-order valence-electron chi connectivity index (χ2n) is 3.12. The van der Waals surface area contributed by atoms with Crippen LogP contribution in [-0.4, -0.2) is 13.2 Å². The maximum absolute atomic E-state index is 5.22. The maximum Gasteiger partial charge on any atom is 0.122 e. The van der Waals surface area contributed by atoms with Gasteiger partial charge in [-0.05, 0) is 18.6 Å². The monoisotopic (exact) mass is 202 g/mol. The summed E-state index contributed by atoms with van der Waals surface area (Å²) in [4.78, 5) is 0. The van der Waals surface area contributed by atoms with E-state index in [1.54, 1.807) is 7.11 Å². The number of benzene rings is 1. The molecular formula is C10H17ClNO+. The highest BCUT2D eigenvalue weighted by atomic mass is 35.5. The highest BCUT2D eigenvalue weighted by Gasteiger charge is 2.05. The summed E-state index contributed by atoms with van der Waals surface area (Å²) in [6, 6.07) is 8.51. The molecular weight excluding hydrogens is 186 g/mol. The van der Waals surface area contributed by atoms with E-state index in [1.807, 2.05) is 18.2 Å². The first kappa shape index (κ1) is 12.3. The van der Waals surface area contributed by atoms with Gasteiger partial charge in [0, 0.05) is 6.42 Å². The lowest BCUT2D eigenvalue weighted by molar-refractivity contribution is -0.413. The molecule has 0 saturated carbocycles. The zero-order valence-corrected chi connectivity index (χ0v) is 8.93. The summed E-state index contributed by atoms with van der Waals surface area (Å²) in [6.45, 7) is 2.10. The lowest BCUT2D eigenvalue weighted by atomic mass is 10.1. The maximum atomic E-state index is 5.22. The van der Waals surface area contributed by atoms with Crippen LogP contribution in [0.5, 0.6) is 5.75 Å². The Balaban J connectivity index is 0.00000144. The Morgan fingerprint density at radius 3 is 2.54 bits per heavy atom. The van der Waals surface area contributed by atoms with Crippen molar-refractivity contribution in [3.63, 3.8) is 0 Å². The van der Waals surface area contributed by atoms with Gasteiger partial charge in [0.25, 0.3) is 0 Å². The largest absolute Gasteiger partial charge is 0.496 e. The first-order valence-corrected chi connectivity index (χ1v) is 4.19. The average molecular weight is 203 g/mol. The number of methoxy groups -OCH3 is 1. The molecule has 0 heterocycles. The topological polar surface area (TPSA) is 36.9 Å². The molecule has 1 aromatic rings. The first-order valence-electron chi connectivity index (χ1n) is 4.19. The van der Waals surface area contributed by atoms with Crippen LogP contribution in [0.3, 0.4) is 0 Å². The summed E-state index contributed by atoms with van der Waals surface area (Å²) in [6.07, 6.45) is 0.976. The molecule has 3 N–H and O–H groups in total. The fourth-order valence-electron chi connectivity index (χ4n) is 1.25. The summed E-state index contributed by atoms with van der Waals surface area (Å²) >= 11 is 0. The number of para-hydroxylation sites is 1. The molecule has 0 aliphatic rings. The van der Waals surface area contributed by atoms with Crippen molar-refractivity contribution >= 4 is 12.4 Å². The fraction of sp³-hybridized carbons (Fsp3) is 0.400. The Hall–Kier alpha value is -0.730. The SMILES string of the molecule is COc1ccccc1CC(C)[NH3+].Cl. The smallest absolute Gasteiger partial charge is 0.122 e. The Morgan fingerprint density at radius 1 is 1.38 bits per heavy atom. The van der Waals surface area contributed by atoms with Gasteiger partial charge in [0.2, 0.25) is 0 Å². The van der Waals surface area contributed by atoms with E-state index in [9.17, 15) is 0 Å². The molecule has 0 saturated heterocycles. The normalized spacial score (nSPS) is 11.6. The van der Waals surface area contributed by atoms with Crippen molar-refractivity contribution in [2.45, 2.75) is 19.4 Å². The van der Waals surface area contributed by atoms with Gasteiger partial charge in [-0.2, -0.15) is 0 Å². The van der Waals surface area contributed by atoms with Gasteiger partial charge in [-0.3, -0.25) is 0 Å². The average Bonchev–Trinajstić information content (AvgIpc) is 2.04. The summed E-state index contributed by atoms with van der Waals surface area (Å²) < 4.78 is 5.22. The molecule has 0 fully saturated rings. The number of halogens is 1. The van der Waals surface area contributed by atoms with Gasteiger partial charge in [-0.25, -0.2) is 0 Å². The van der Waals surface area contributed by atoms with Crippen LogP contribution < -0.4 is 10.5 Å². The van der Waals surface area contributed by atoms with Crippen molar-refractivity contribution in [2.24, 2.45) is 0 Å². The molecule has 0 aromatic heterocycles. The number of hydrogen-bond acceptors (Lipinski definition) is 1. The van der Waals surface area contributed by atoms with Crippen LogP contribution >= 0.6 is 12.4 Å². The summed E-state index contributed by atoms with van der Waals surface area (Å²) in [7, 11) is 1.70. The van der Waals surface area contributed by atoms with Crippen LogP contribution in [0.2, 0.25) is 0 Å². The summed E-state index contributed by atoms with van der Waals surface area (Å²) in [5.41, 5.74) is 5.19. The Morgan fingerprint density at radius 2 is 2.00 bits per heavy atom. The molecule has 1 atom stereocenters. The molecule has 1 aromatic carbocycles. The molecule has 1 rings (SSSR count). The van der Waals surface area contributed by atoms with Gasteiger partial charge in [0.1, 0.15) is 5.75 Å². The van der Waals surface area contributed by atoms with Crippen molar-refractivity contribution in [2.75, 3.05) is 7.11 Å². The first-order chi connectivity index (χ1) is 5.74. The van der Waals surface area contributed by atoms with Crippen LogP contribution in [0.25, 0.3) is 0 Å². The highest BCUT2D eigenvalue weighted by molar-refractivity contribution is 5.85.